The van der Waals surface area contributed by atoms with Crippen LogP contribution < -0.4 is 20.3 Å². The van der Waals surface area contributed by atoms with Crippen molar-refractivity contribution in [2.75, 3.05) is 25.1 Å². The summed E-state index contributed by atoms with van der Waals surface area (Å²) in [5, 5.41) is 14.7. The van der Waals surface area contributed by atoms with Gasteiger partial charge in [-0.3, -0.25) is 14.5 Å². The van der Waals surface area contributed by atoms with Gasteiger partial charge in [-0.25, -0.2) is 4.79 Å². The summed E-state index contributed by atoms with van der Waals surface area (Å²) in [4.78, 5) is 37.4. The standard InChI is InChI=1S/C18H25N3O5/c1-11(2)18(3,10-15(22)23)20-16(24)12-5-6-14(26-4)13(9-12)21-8-7-19-17(21)25/h5-6,9,11H,7-8,10H2,1-4H3,(H,19,25)(H,20,24)(H,22,23). The molecule has 1 aliphatic heterocycles. The molecular weight excluding hydrogens is 338 g/mol. The van der Waals surface area contributed by atoms with Gasteiger partial charge in [-0.2, -0.15) is 0 Å². The van der Waals surface area contributed by atoms with Gasteiger partial charge in [-0.1, -0.05) is 13.8 Å². The largest absolute Gasteiger partial charge is 0.495 e. The number of hydrogen-bond donors (Lipinski definition) is 3. The second-order valence-electron chi connectivity index (χ2n) is 6.87. The predicted octanol–water partition coefficient (Wildman–Crippen LogP) is 1.84. The topological polar surface area (TPSA) is 108 Å². The van der Waals surface area contributed by atoms with Crippen LogP contribution in [0.15, 0.2) is 18.2 Å². The number of carboxylic acids is 1. The first kappa shape index (κ1) is 19.6. The average molecular weight is 363 g/mol. The Morgan fingerprint density at radius 1 is 1.42 bits per heavy atom. The smallest absolute Gasteiger partial charge is 0.322 e. The van der Waals surface area contributed by atoms with Crippen molar-refractivity contribution in [2.24, 2.45) is 5.92 Å². The van der Waals surface area contributed by atoms with Gasteiger partial charge in [-0.05, 0) is 31.0 Å². The number of rotatable bonds is 7. The molecular formula is C18H25N3O5. The summed E-state index contributed by atoms with van der Waals surface area (Å²) >= 11 is 0. The lowest BCUT2D eigenvalue weighted by molar-refractivity contribution is -0.138. The summed E-state index contributed by atoms with van der Waals surface area (Å²) in [6.45, 7) is 6.42. The number of benzene rings is 1. The Balaban J connectivity index is 2.31. The lowest BCUT2D eigenvalue weighted by Gasteiger charge is -2.33. The lowest BCUT2D eigenvalue weighted by Crippen LogP contribution is -2.51. The van der Waals surface area contributed by atoms with Gasteiger partial charge in [0.05, 0.1) is 24.8 Å². The van der Waals surface area contributed by atoms with E-state index in [1.807, 2.05) is 13.8 Å². The second-order valence-corrected chi connectivity index (χ2v) is 6.87. The van der Waals surface area contributed by atoms with Crippen molar-refractivity contribution < 1.29 is 24.2 Å². The van der Waals surface area contributed by atoms with Crippen LogP contribution in [0, 0.1) is 5.92 Å². The van der Waals surface area contributed by atoms with Crippen molar-refractivity contribution in [3.05, 3.63) is 23.8 Å². The molecule has 8 nitrogen and oxygen atoms in total. The number of carbonyl (C=O) groups is 3. The molecule has 8 heteroatoms. The predicted molar refractivity (Wildman–Crippen MR) is 96.7 cm³/mol. The number of nitrogens with zero attached hydrogens (tertiary/aromatic N) is 1. The molecule has 0 spiro atoms. The van der Waals surface area contributed by atoms with Crippen molar-refractivity contribution in [3.63, 3.8) is 0 Å². The van der Waals surface area contributed by atoms with Crippen molar-refractivity contribution in [1.29, 1.82) is 0 Å². The van der Waals surface area contributed by atoms with Gasteiger partial charge in [0.2, 0.25) is 0 Å². The molecule has 1 heterocycles. The lowest BCUT2D eigenvalue weighted by atomic mass is 9.85. The maximum atomic E-state index is 12.7. The minimum Gasteiger partial charge on any atom is -0.495 e. The highest BCUT2D eigenvalue weighted by Gasteiger charge is 2.33. The van der Waals surface area contributed by atoms with Crippen LogP contribution in [0.2, 0.25) is 0 Å². The molecule has 1 aromatic carbocycles. The van der Waals surface area contributed by atoms with E-state index in [-0.39, 0.29) is 18.4 Å². The van der Waals surface area contributed by atoms with Gasteiger partial charge in [0.1, 0.15) is 5.75 Å². The molecule has 0 saturated carbocycles. The van der Waals surface area contributed by atoms with E-state index in [9.17, 15) is 14.4 Å². The summed E-state index contributed by atoms with van der Waals surface area (Å²) in [5.41, 5.74) is -0.0639. The number of nitrogens with one attached hydrogen (secondary N) is 2. The average Bonchev–Trinajstić information content (AvgIpc) is 2.99. The maximum Gasteiger partial charge on any atom is 0.322 e. The fourth-order valence-electron chi connectivity index (χ4n) is 2.78. The fraction of sp³-hybridized carbons (Fsp3) is 0.500. The number of ether oxygens (including phenoxy) is 1. The first-order chi connectivity index (χ1) is 12.2. The van der Waals surface area contributed by atoms with Gasteiger partial charge in [0, 0.05) is 18.7 Å². The van der Waals surface area contributed by atoms with Gasteiger partial charge >= 0.3 is 12.0 Å². The van der Waals surface area contributed by atoms with Gasteiger partial charge in [0.15, 0.2) is 0 Å². The van der Waals surface area contributed by atoms with E-state index >= 15 is 0 Å². The summed E-state index contributed by atoms with van der Waals surface area (Å²) in [5.74, 6) is -0.975. The molecule has 3 amide bonds. The Bertz CT molecular complexity index is 719. The van der Waals surface area contributed by atoms with Gasteiger partial charge in [0.25, 0.3) is 5.91 Å². The first-order valence-corrected chi connectivity index (χ1v) is 8.45. The first-order valence-electron chi connectivity index (χ1n) is 8.45. The van der Waals surface area contributed by atoms with Crippen LogP contribution in [0.5, 0.6) is 5.75 Å². The molecule has 1 aliphatic rings. The SMILES string of the molecule is COc1ccc(C(=O)NC(C)(CC(=O)O)C(C)C)cc1N1CCNC1=O. The molecule has 1 atom stereocenters. The van der Waals surface area contributed by atoms with Crippen LogP contribution >= 0.6 is 0 Å². The highest BCUT2D eigenvalue weighted by molar-refractivity contribution is 6.00. The van der Waals surface area contributed by atoms with Crippen molar-refractivity contribution in [2.45, 2.75) is 32.7 Å². The monoisotopic (exact) mass is 363 g/mol. The molecule has 1 aromatic rings. The summed E-state index contributed by atoms with van der Waals surface area (Å²) in [6, 6.07) is 4.55. The number of aliphatic carboxylic acids is 1. The number of carboxylic acid groups (broad SMARTS) is 1. The normalized spacial score (nSPS) is 16.2. The van der Waals surface area contributed by atoms with Crippen molar-refractivity contribution in [3.8, 4) is 5.75 Å². The van der Waals surface area contributed by atoms with Gasteiger partial charge < -0.3 is 20.5 Å². The fourth-order valence-corrected chi connectivity index (χ4v) is 2.78. The third-order valence-electron chi connectivity index (χ3n) is 4.78. The van der Waals surface area contributed by atoms with E-state index < -0.39 is 17.4 Å². The quantitative estimate of drug-likeness (QED) is 0.685. The second kappa shape index (κ2) is 7.63. The molecule has 0 aliphatic carbocycles. The highest BCUT2D eigenvalue weighted by Crippen LogP contribution is 2.31. The Labute approximate surface area is 152 Å². The van der Waals surface area contributed by atoms with E-state index in [1.54, 1.807) is 25.1 Å². The minimum absolute atomic E-state index is 0.0790. The molecule has 3 N–H and O–H groups in total. The third-order valence-corrected chi connectivity index (χ3v) is 4.78. The Kier molecular flexibility index (Phi) is 5.74. The molecule has 1 unspecified atom stereocenters. The van der Waals surface area contributed by atoms with Crippen LogP contribution in [0.1, 0.15) is 37.6 Å². The summed E-state index contributed by atoms with van der Waals surface area (Å²) in [7, 11) is 1.50. The molecule has 0 bridgehead atoms. The van der Waals surface area contributed by atoms with Crippen LogP contribution in [0.25, 0.3) is 0 Å². The molecule has 0 radical (unpaired) electrons. The van der Waals surface area contributed by atoms with E-state index in [1.165, 1.54) is 12.0 Å². The highest BCUT2D eigenvalue weighted by atomic mass is 16.5. The molecule has 1 fully saturated rings. The van der Waals surface area contributed by atoms with Gasteiger partial charge in [-0.15, -0.1) is 0 Å². The van der Waals surface area contributed by atoms with Crippen LogP contribution in [-0.4, -0.2) is 48.8 Å². The van der Waals surface area contributed by atoms with Crippen molar-refractivity contribution >= 4 is 23.6 Å². The Hall–Kier alpha value is -2.77. The third kappa shape index (κ3) is 4.07. The Morgan fingerprint density at radius 3 is 2.62 bits per heavy atom. The molecule has 0 aromatic heterocycles. The van der Waals surface area contributed by atoms with Crippen LogP contribution in [-0.2, 0) is 4.79 Å². The van der Waals surface area contributed by atoms with E-state index in [2.05, 4.69) is 10.6 Å². The van der Waals surface area contributed by atoms with Crippen LogP contribution in [0.3, 0.4) is 0 Å². The number of methoxy groups -OCH3 is 1. The number of anilines is 1. The number of amides is 3. The maximum absolute atomic E-state index is 12.7. The minimum atomic E-state index is -0.981. The van der Waals surface area contributed by atoms with Crippen LogP contribution in [0.4, 0.5) is 10.5 Å². The summed E-state index contributed by atoms with van der Waals surface area (Å²) < 4.78 is 5.30. The van der Waals surface area contributed by atoms with E-state index in [0.29, 0.717) is 30.1 Å². The molecule has 142 valence electrons. The number of hydrogen-bond acceptors (Lipinski definition) is 4. The zero-order valence-electron chi connectivity index (χ0n) is 15.5. The number of urea groups is 1. The van der Waals surface area contributed by atoms with E-state index in [0.717, 1.165) is 0 Å². The Morgan fingerprint density at radius 2 is 2.12 bits per heavy atom. The number of carbonyl (C=O) groups excluding carboxylic acids is 2. The zero-order valence-corrected chi connectivity index (χ0v) is 15.5. The molecule has 26 heavy (non-hydrogen) atoms. The molecule has 1 saturated heterocycles. The summed E-state index contributed by atoms with van der Waals surface area (Å²) in [6.07, 6.45) is -0.187. The van der Waals surface area contributed by atoms with Crippen molar-refractivity contribution in [1.82, 2.24) is 10.6 Å². The molecule has 2 rings (SSSR count). The zero-order chi connectivity index (χ0) is 19.5. The van der Waals surface area contributed by atoms with E-state index in [4.69, 9.17) is 9.84 Å².